The summed E-state index contributed by atoms with van der Waals surface area (Å²) in [6.07, 6.45) is 0.132. The van der Waals surface area contributed by atoms with Crippen LogP contribution < -0.4 is 5.32 Å². The molecule has 1 aliphatic heterocycles. The number of carbonyl (C=O) groups excluding carboxylic acids is 2. The Labute approximate surface area is 292 Å². The van der Waals surface area contributed by atoms with Crippen LogP contribution in [0.15, 0.2) is 70.0 Å². The van der Waals surface area contributed by atoms with E-state index >= 15 is 0 Å². The van der Waals surface area contributed by atoms with Crippen LogP contribution in [-0.2, 0) is 27.8 Å². The highest BCUT2D eigenvalue weighted by Crippen LogP contribution is 2.23. The topological polar surface area (TPSA) is 159 Å². The summed E-state index contributed by atoms with van der Waals surface area (Å²) in [6, 6.07) is 13.3. The van der Waals surface area contributed by atoms with Crippen LogP contribution in [0.2, 0.25) is 0 Å². The van der Waals surface area contributed by atoms with Crippen LogP contribution in [0.4, 0.5) is 4.79 Å². The summed E-state index contributed by atoms with van der Waals surface area (Å²) in [5, 5.41) is 29.4. The molecule has 13 nitrogen and oxygen atoms in total. The number of urea groups is 1. The second kappa shape index (κ2) is 17.2. The molecule has 3 amide bonds. The lowest BCUT2D eigenvalue weighted by molar-refractivity contribution is -0.128. The summed E-state index contributed by atoms with van der Waals surface area (Å²) in [5.41, 5.74) is 2.17. The minimum Gasteiger partial charge on any atom is -0.411 e. The van der Waals surface area contributed by atoms with Crippen molar-refractivity contribution in [2.75, 3.05) is 46.8 Å². The fourth-order valence-corrected chi connectivity index (χ4v) is 7.86. The molecule has 3 N–H and O–H groups in total. The maximum absolute atomic E-state index is 14.1. The number of hydrogen-bond acceptors (Lipinski definition) is 10. The zero-order chi connectivity index (χ0) is 35.7. The molecule has 1 fully saturated rings. The highest BCUT2D eigenvalue weighted by Gasteiger charge is 2.40. The lowest BCUT2D eigenvalue weighted by Crippen LogP contribution is -2.57. The first-order valence-corrected chi connectivity index (χ1v) is 18.5. The average Bonchev–Trinajstić information content (AvgIpc) is 3.63. The van der Waals surface area contributed by atoms with Crippen molar-refractivity contribution >= 4 is 39.5 Å². The number of aliphatic hydroxyl groups is 1. The number of sulfonamides is 1. The van der Waals surface area contributed by atoms with E-state index in [1.54, 1.807) is 9.80 Å². The molecule has 1 aromatic heterocycles. The normalized spacial score (nSPS) is 15.9. The molecule has 3 aromatic rings. The maximum atomic E-state index is 14.1. The van der Waals surface area contributed by atoms with E-state index in [1.165, 1.54) is 46.1 Å². The molecule has 3 atom stereocenters. The second-order valence-corrected chi connectivity index (χ2v) is 15.8. The molecule has 1 aliphatic rings. The van der Waals surface area contributed by atoms with Gasteiger partial charge in [-0.25, -0.2) is 18.2 Å². The number of oxime groups is 1. The molecule has 266 valence electrons. The molecular weight excluding hydrogens is 667 g/mol. The van der Waals surface area contributed by atoms with Crippen LogP contribution >= 0.6 is 11.3 Å². The Morgan fingerprint density at radius 1 is 1.10 bits per heavy atom. The molecule has 0 radical (unpaired) electrons. The third kappa shape index (κ3) is 10.1. The smallest absolute Gasteiger partial charge is 0.321 e. The number of aliphatic hydroxyl groups excluding tert-OH is 1. The molecule has 0 bridgehead atoms. The molecule has 4 rings (SSSR count). The first kappa shape index (κ1) is 37.9. The number of amides is 3. The number of rotatable bonds is 17. The van der Waals surface area contributed by atoms with Gasteiger partial charge in [-0.3, -0.25) is 4.79 Å². The van der Waals surface area contributed by atoms with Crippen LogP contribution in [0.1, 0.15) is 35.7 Å². The Hall–Kier alpha value is -3.89. The largest absolute Gasteiger partial charge is 0.411 e. The Balaban J connectivity index is 1.57. The van der Waals surface area contributed by atoms with Gasteiger partial charge in [0.25, 0.3) is 0 Å². The summed E-state index contributed by atoms with van der Waals surface area (Å²) >= 11 is 1.52. The van der Waals surface area contributed by atoms with E-state index < -0.39 is 34.1 Å². The Morgan fingerprint density at radius 3 is 2.39 bits per heavy atom. The van der Waals surface area contributed by atoms with Gasteiger partial charge >= 0.3 is 6.03 Å². The van der Waals surface area contributed by atoms with E-state index in [-0.39, 0.29) is 36.4 Å². The van der Waals surface area contributed by atoms with Gasteiger partial charge in [-0.1, -0.05) is 61.5 Å². The van der Waals surface area contributed by atoms with E-state index in [2.05, 4.69) is 15.5 Å². The number of likely N-dealkylation sites (N-methyl/N-ethyl adjacent to an activating group) is 1. The SMILES string of the molecule is Cc1nc(CN2CCN([C@@H](C(=O)N[C@@H](Cc3ccccc3)C(O)CN(CCN(C)C)S(=O)(=O)c3ccc(/C=N/O)cc3)C(C)C)C2=O)cs1. The summed E-state index contributed by atoms with van der Waals surface area (Å²) < 4.78 is 29.0. The first-order chi connectivity index (χ1) is 23.3. The quantitative estimate of drug-likeness (QED) is 0.110. The molecule has 2 heterocycles. The van der Waals surface area contributed by atoms with Gasteiger partial charge in [0, 0.05) is 38.1 Å². The zero-order valence-corrected chi connectivity index (χ0v) is 30.3. The van der Waals surface area contributed by atoms with Gasteiger partial charge in [-0.15, -0.1) is 11.3 Å². The summed E-state index contributed by atoms with van der Waals surface area (Å²) in [7, 11) is -0.421. The Bertz CT molecular complexity index is 1670. The molecule has 49 heavy (non-hydrogen) atoms. The third-order valence-electron chi connectivity index (χ3n) is 8.38. The molecule has 1 unspecified atom stereocenters. The fourth-order valence-electron chi connectivity index (χ4n) is 5.80. The number of aromatic nitrogens is 1. The van der Waals surface area contributed by atoms with Crippen molar-refractivity contribution in [3.8, 4) is 0 Å². The van der Waals surface area contributed by atoms with Crippen LogP contribution in [0.25, 0.3) is 0 Å². The molecule has 15 heteroatoms. The predicted molar refractivity (Wildman–Crippen MR) is 189 cm³/mol. The standard InChI is InChI=1S/C34H47N7O6S2/c1-24(2)32(41-18-16-39(34(41)44)21-28-23-48-25(3)36-28)33(43)37-30(19-26-9-7-6-8-10-26)31(42)22-40(17-15-38(4)5)49(46,47)29-13-11-27(12-14-29)20-35-45/h6-14,20,23-24,30-32,42,45H,15-19,21-22H2,1-5H3,(H,37,43)/b35-20+/t30-,31?,32+/m0/s1. The molecule has 2 aromatic carbocycles. The molecule has 0 saturated carbocycles. The second-order valence-electron chi connectivity index (χ2n) is 12.8. The minimum absolute atomic E-state index is 0.0157. The molecule has 0 spiro atoms. The van der Waals surface area contributed by atoms with Gasteiger partial charge in [0.05, 0.1) is 40.5 Å². The number of nitrogens with one attached hydrogen (secondary N) is 1. The van der Waals surface area contributed by atoms with Crippen LogP contribution in [0, 0.1) is 12.8 Å². The Kier molecular flexibility index (Phi) is 13.3. The lowest BCUT2D eigenvalue weighted by atomic mass is 9.98. The summed E-state index contributed by atoms with van der Waals surface area (Å²) in [5.74, 6) is -0.658. The van der Waals surface area contributed by atoms with E-state index in [4.69, 9.17) is 5.21 Å². The van der Waals surface area contributed by atoms with Crippen molar-refractivity contribution in [2.45, 2.75) is 56.8 Å². The van der Waals surface area contributed by atoms with Crippen molar-refractivity contribution in [3.63, 3.8) is 0 Å². The van der Waals surface area contributed by atoms with Crippen molar-refractivity contribution in [1.29, 1.82) is 0 Å². The van der Waals surface area contributed by atoms with E-state index in [0.29, 0.717) is 31.7 Å². The third-order valence-corrected chi connectivity index (χ3v) is 11.1. The number of thiazole rings is 1. The van der Waals surface area contributed by atoms with Crippen LogP contribution in [-0.4, -0.2) is 126 Å². The highest BCUT2D eigenvalue weighted by molar-refractivity contribution is 7.89. The van der Waals surface area contributed by atoms with Crippen molar-refractivity contribution < 1.29 is 28.3 Å². The van der Waals surface area contributed by atoms with Crippen molar-refractivity contribution in [1.82, 2.24) is 29.3 Å². The lowest BCUT2D eigenvalue weighted by Gasteiger charge is -2.34. The maximum Gasteiger partial charge on any atom is 0.321 e. The number of aryl methyl sites for hydroxylation is 1. The van der Waals surface area contributed by atoms with Gasteiger partial charge in [-0.05, 0) is 56.6 Å². The predicted octanol–water partition coefficient (Wildman–Crippen LogP) is 2.86. The van der Waals surface area contributed by atoms with Gasteiger partial charge in [0.15, 0.2) is 0 Å². The summed E-state index contributed by atoms with van der Waals surface area (Å²) in [6.45, 7) is 7.02. The van der Waals surface area contributed by atoms with Gasteiger partial charge in [0.1, 0.15) is 6.04 Å². The fraction of sp³-hybridized carbons (Fsp3) is 0.471. The monoisotopic (exact) mass is 713 g/mol. The zero-order valence-electron chi connectivity index (χ0n) is 28.6. The number of hydrogen-bond donors (Lipinski definition) is 3. The molecule has 1 saturated heterocycles. The minimum atomic E-state index is -4.07. The van der Waals surface area contributed by atoms with E-state index in [1.807, 2.05) is 75.5 Å². The van der Waals surface area contributed by atoms with Crippen molar-refractivity contribution in [3.05, 3.63) is 81.8 Å². The van der Waals surface area contributed by atoms with Gasteiger partial charge in [0.2, 0.25) is 15.9 Å². The van der Waals surface area contributed by atoms with Crippen molar-refractivity contribution in [2.24, 2.45) is 11.1 Å². The highest BCUT2D eigenvalue weighted by atomic mass is 32.2. The van der Waals surface area contributed by atoms with Crippen LogP contribution in [0.5, 0.6) is 0 Å². The van der Waals surface area contributed by atoms with Crippen LogP contribution in [0.3, 0.4) is 0 Å². The molecular formula is C34H47N7O6S2. The molecule has 0 aliphatic carbocycles. The first-order valence-electron chi connectivity index (χ1n) is 16.2. The number of benzene rings is 2. The number of carbonyl (C=O) groups is 2. The van der Waals surface area contributed by atoms with E-state index in [0.717, 1.165) is 16.3 Å². The van der Waals surface area contributed by atoms with Gasteiger partial charge < -0.3 is 30.3 Å². The van der Waals surface area contributed by atoms with Gasteiger partial charge in [-0.2, -0.15) is 4.31 Å². The van der Waals surface area contributed by atoms with E-state index in [9.17, 15) is 23.1 Å². The number of nitrogens with zero attached hydrogens (tertiary/aromatic N) is 6. The Morgan fingerprint density at radius 2 is 1.80 bits per heavy atom. The average molecular weight is 714 g/mol. The summed E-state index contributed by atoms with van der Waals surface area (Å²) in [4.78, 5) is 37.2.